The smallest absolute Gasteiger partial charge is 0.409 e. The minimum absolute atomic E-state index is 0. The summed E-state index contributed by atoms with van der Waals surface area (Å²) in [7, 11) is 1.82. The molecule has 8 heteroatoms. The molecule has 2 fully saturated rings. The maximum atomic E-state index is 11.8. The van der Waals surface area contributed by atoms with Crippen LogP contribution in [0.4, 0.5) is 4.79 Å². The van der Waals surface area contributed by atoms with Crippen molar-refractivity contribution < 1.29 is 14.3 Å². The molecule has 1 N–H and O–H groups in total. The van der Waals surface area contributed by atoms with Crippen LogP contribution in [0.5, 0.6) is 0 Å². The first-order chi connectivity index (χ1) is 12.4. The normalized spacial score (nSPS) is 24.3. The summed E-state index contributed by atoms with van der Waals surface area (Å²) >= 11 is 0. The average Bonchev–Trinajstić information content (AvgIpc) is 2.62. The highest BCUT2D eigenvalue weighted by molar-refractivity contribution is 14.0. The van der Waals surface area contributed by atoms with E-state index in [9.17, 15) is 4.79 Å². The molecule has 0 spiro atoms. The standard InChI is InChI=1S/C19H36N4O3.HI/c1-6-25-18(24)23-11-9-22(10-12-23)17(20-5)21-14-15-8-7-13-26-16(15)19(2,3)4;/h15-16H,6-14H2,1-5H3,(H,20,21);1H. The number of aliphatic imine (C=N–C) groups is 1. The van der Waals surface area contributed by atoms with Gasteiger partial charge >= 0.3 is 6.09 Å². The van der Waals surface area contributed by atoms with Gasteiger partial charge in [-0.2, -0.15) is 0 Å². The molecule has 2 saturated heterocycles. The van der Waals surface area contributed by atoms with Crippen LogP contribution in [0.15, 0.2) is 4.99 Å². The number of hydrogen-bond acceptors (Lipinski definition) is 4. The van der Waals surface area contributed by atoms with Crippen molar-refractivity contribution in [2.45, 2.75) is 46.6 Å². The van der Waals surface area contributed by atoms with E-state index in [1.54, 1.807) is 4.90 Å². The number of guanidine groups is 1. The van der Waals surface area contributed by atoms with Gasteiger partial charge in [0, 0.05) is 52.3 Å². The second kappa shape index (κ2) is 11.3. The van der Waals surface area contributed by atoms with E-state index in [2.05, 4.69) is 36.0 Å². The monoisotopic (exact) mass is 496 g/mol. The van der Waals surface area contributed by atoms with Crippen LogP contribution < -0.4 is 5.32 Å². The number of piperazine rings is 1. The molecular weight excluding hydrogens is 459 g/mol. The van der Waals surface area contributed by atoms with E-state index in [4.69, 9.17) is 9.47 Å². The van der Waals surface area contributed by atoms with Gasteiger partial charge in [-0.15, -0.1) is 24.0 Å². The van der Waals surface area contributed by atoms with Crippen molar-refractivity contribution in [1.82, 2.24) is 15.1 Å². The fourth-order valence-corrected chi connectivity index (χ4v) is 3.88. The molecule has 2 aliphatic rings. The summed E-state index contributed by atoms with van der Waals surface area (Å²) < 4.78 is 11.2. The van der Waals surface area contributed by atoms with Gasteiger partial charge in [-0.1, -0.05) is 20.8 Å². The summed E-state index contributed by atoms with van der Waals surface area (Å²) in [6.45, 7) is 13.6. The van der Waals surface area contributed by atoms with Crippen LogP contribution >= 0.6 is 24.0 Å². The van der Waals surface area contributed by atoms with Crippen molar-refractivity contribution in [1.29, 1.82) is 0 Å². The topological polar surface area (TPSA) is 66.4 Å². The quantitative estimate of drug-likeness (QED) is 0.370. The molecule has 2 aliphatic heterocycles. The average molecular weight is 496 g/mol. The lowest BCUT2D eigenvalue weighted by Crippen LogP contribution is -2.55. The third-order valence-electron chi connectivity index (χ3n) is 5.14. The van der Waals surface area contributed by atoms with Crippen LogP contribution in [0.1, 0.15) is 40.5 Å². The zero-order valence-electron chi connectivity index (χ0n) is 17.5. The molecule has 2 atom stereocenters. The first-order valence-electron chi connectivity index (χ1n) is 9.85. The predicted molar refractivity (Wildman–Crippen MR) is 119 cm³/mol. The number of carbonyl (C=O) groups excluding carboxylic acids is 1. The molecule has 1 amide bonds. The Hall–Kier alpha value is -0.770. The highest BCUT2D eigenvalue weighted by Gasteiger charge is 2.35. The second-order valence-corrected chi connectivity index (χ2v) is 8.16. The Kier molecular flexibility index (Phi) is 10.1. The van der Waals surface area contributed by atoms with E-state index >= 15 is 0 Å². The fourth-order valence-electron chi connectivity index (χ4n) is 3.88. The predicted octanol–water partition coefficient (Wildman–Crippen LogP) is 2.80. The van der Waals surface area contributed by atoms with Crippen molar-refractivity contribution in [2.75, 3.05) is 53.0 Å². The fraction of sp³-hybridized carbons (Fsp3) is 0.895. The Morgan fingerprint density at radius 1 is 1.22 bits per heavy atom. The number of nitrogens with zero attached hydrogens (tertiary/aromatic N) is 3. The number of halogens is 1. The Bertz CT molecular complexity index is 488. The minimum Gasteiger partial charge on any atom is -0.450 e. The number of carbonyl (C=O) groups is 1. The Morgan fingerprint density at radius 3 is 2.41 bits per heavy atom. The molecule has 0 aliphatic carbocycles. The largest absolute Gasteiger partial charge is 0.450 e. The lowest BCUT2D eigenvalue weighted by Gasteiger charge is -2.41. The summed E-state index contributed by atoms with van der Waals surface area (Å²) in [5.74, 6) is 1.40. The number of hydrogen-bond donors (Lipinski definition) is 1. The molecule has 0 aromatic carbocycles. The molecule has 158 valence electrons. The highest BCUT2D eigenvalue weighted by atomic mass is 127. The van der Waals surface area contributed by atoms with E-state index < -0.39 is 0 Å². The molecule has 0 aromatic rings. The Morgan fingerprint density at radius 2 is 1.85 bits per heavy atom. The van der Waals surface area contributed by atoms with E-state index in [0.717, 1.165) is 38.6 Å². The lowest BCUT2D eigenvalue weighted by atomic mass is 9.78. The molecule has 0 bridgehead atoms. The third kappa shape index (κ3) is 6.96. The summed E-state index contributed by atoms with van der Waals surface area (Å²) in [6, 6.07) is 0. The second-order valence-electron chi connectivity index (χ2n) is 8.16. The van der Waals surface area contributed by atoms with Crippen LogP contribution in [0.25, 0.3) is 0 Å². The molecule has 7 nitrogen and oxygen atoms in total. The lowest BCUT2D eigenvalue weighted by molar-refractivity contribution is -0.0836. The highest BCUT2D eigenvalue weighted by Crippen LogP contribution is 2.33. The van der Waals surface area contributed by atoms with Crippen molar-refractivity contribution >= 4 is 36.0 Å². The van der Waals surface area contributed by atoms with Crippen LogP contribution in [0.3, 0.4) is 0 Å². The van der Waals surface area contributed by atoms with Crippen molar-refractivity contribution in [2.24, 2.45) is 16.3 Å². The SMILES string of the molecule is CCOC(=O)N1CCN(C(=NC)NCC2CCCOC2C(C)(C)C)CC1.I. The molecule has 0 radical (unpaired) electrons. The minimum atomic E-state index is -0.220. The van der Waals surface area contributed by atoms with Gasteiger partial charge in [0.05, 0.1) is 12.7 Å². The van der Waals surface area contributed by atoms with Gasteiger partial charge in [-0.3, -0.25) is 4.99 Å². The van der Waals surface area contributed by atoms with E-state index in [0.29, 0.717) is 25.6 Å². The number of amides is 1. The van der Waals surface area contributed by atoms with Crippen LogP contribution in [-0.2, 0) is 9.47 Å². The van der Waals surface area contributed by atoms with Gasteiger partial charge in [0.15, 0.2) is 5.96 Å². The molecule has 2 unspecified atom stereocenters. The Balaban J connectivity index is 0.00000364. The molecular formula is C19H37IN4O3. The van der Waals surface area contributed by atoms with Gasteiger partial charge < -0.3 is 24.6 Å². The summed E-state index contributed by atoms with van der Waals surface area (Å²) in [4.78, 5) is 20.3. The van der Waals surface area contributed by atoms with Crippen molar-refractivity contribution in [3.8, 4) is 0 Å². The van der Waals surface area contributed by atoms with Crippen LogP contribution in [0.2, 0.25) is 0 Å². The molecule has 2 rings (SSSR count). The van der Waals surface area contributed by atoms with Crippen LogP contribution in [-0.4, -0.2) is 80.9 Å². The van der Waals surface area contributed by atoms with E-state index in [1.165, 1.54) is 6.42 Å². The van der Waals surface area contributed by atoms with Gasteiger partial charge in [-0.05, 0) is 25.2 Å². The summed E-state index contributed by atoms with van der Waals surface area (Å²) in [5, 5.41) is 3.54. The Labute approximate surface area is 181 Å². The maximum Gasteiger partial charge on any atom is 0.409 e. The van der Waals surface area contributed by atoms with Crippen molar-refractivity contribution in [3.63, 3.8) is 0 Å². The molecule has 27 heavy (non-hydrogen) atoms. The zero-order chi connectivity index (χ0) is 19.2. The molecule has 2 heterocycles. The first kappa shape index (κ1) is 24.3. The van der Waals surface area contributed by atoms with Gasteiger partial charge in [0.1, 0.15) is 0 Å². The van der Waals surface area contributed by atoms with E-state index in [1.807, 2.05) is 14.0 Å². The van der Waals surface area contributed by atoms with Gasteiger partial charge in [0.2, 0.25) is 0 Å². The van der Waals surface area contributed by atoms with Crippen LogP contribution in [0, 0.1) is 11.3 Å². The molecule has 0 saturated carbocycles. The summed E-state index contributed by atoms with van der Waals surface area (Å²) in [5.41, 5.74) is 0.140. The number of ether oxygens (including phenoxy) is 2. The number of nitrogens with one attached hydrogen (secondary N) is 1. The number of rotatable bonds is 3. The van der Waals surface area contributed by atoms with Gasteiger partial charge in [0.25, 0.3) is 0 Å². The van der Waals surface area contributed by atoms with Gasteiger partial charge in [-0.25, -0.2) is 4.79 Å². The third-order valence-corrected chi connectivity index (χ3v) is 5.14. The molecule has 0 aromatic heterocycles. The summed E-state index contributed by atoms with van der Waals surface area (Å²) in [6.07, 6.45) is 2.35. The maximum absolute atomic E-state index is 11.8. The zero-order valence-corrected chi connectivity index (χ0v) is 19.8. The van der Waals surface area contributed by atoms with Crippen molar-refractivity contribution in [3.05, 3.63) is 0 Å². The first-order valence-corrected chi connectivity index (χ1v) is 9.85. The van der Waals surface area contributed by atoms with E-state index in [-0.39, 0.29) is 41.6 Å².